The van der Waals surface area contributed by atoms with Crippen molar-refractivity contribution in [1.82, 2.24) is 53.6 Å². The van der Waals surface area contributed by atoms with Gasteiger partial charge in [-0.2, -0.15) is 0 Å². The molecule has 7 aromatic heterocycles. The Labute approximate surface area is 603 Å². The molecule has 0 saturated carbocycles. The van der Waals surface area contributed by atoms with Crippen molar-refractivity contribution in [2.75, 3.05) is 52.3 Å². The van der Waals surface area contributed by atoms with Crippen LogP contribution in [0, 0.1) is 17.5 Å². The fraction of sp³-hybridized carbons (Fsp3) is 0.225. The first-order chi connectivity index (χ1) is 50.7. The van der Waals surface area contributed by atoms with E-state index in [-0.39, 0.29) is 41.5 Å². The van der Waals surface area contributed by atoms with Gasteiger partial charge in [0.1, 0.15) is 63.1 Å². The van der Waals surface area contributed by atoms with E-state index in [2.05, 4.69) is 38.6 Å². The van der Waals surface area contributed by atoms with Crippen LogP contribution in [0.25, 0.3) is 78.6 Å². The second kappa shape index (κ2) is 31.7. The van der Waals surface area contributed by atoms with Gasteiger partial charge < -0.3 is 43.1 Å². The summed E-state index contributed by atoms with van der Waals surface area (Å²) in [6.07, 6.45) is 13.4. The van der Waals surface area contributed by atoms with Crippen molar-refractivity contribution in [3.63, 3.8) is 0 Å². The molecule has 0 bridgehead atoms. The van der Waals surface area contributed by atoms with Crippen molar-refractivity contribution in [3.05, 3.63) is 253 Å². The van der Waals surface area contributed by atoms with Gasteiger partial charge in [-0.05, 0) is 170 Å². The molecule has 5 atom stereocenters. The molecule has 528 valence electrons. The van der Waals surface area contributed by atoms with Crippen LogP contribution >= 0.6 is 0 Å². The van der Waals surface area contributed by atoms with Gasteiger partial charge in [0, 0.05) is 89.6 Å². The van der Waals surface area contributed by atoms with Gasteiger partial charge in [0.15, 0.2) is 0 Å². The predicted molar refractivity (Wildman–Crippen MR) is 394 cm³/mol. The summed E-state index contributed by atoms with van der Waals surface area (Å²) in [7, 11) is 0.859. The fourth-order valence-electron chi connectivity index (χ4n) is 13.4. The minimum absolute atomic E-state index is 0.0358. The quantitative estimate of drug-likeness (QED) is 0.0706. The van der Waals surface area contributed by atoms with Gasteiger partial charge in [-0.1, -0.05) is 42.5 Å². The van der Waals surface area contributed by atoms with E-state index >= 15 is 0 Å². The Balaban J connectivity index is 0.000000132. The average molecular weight is 1440 g/mol. The summed E-state index contributed by atoms with van der Waals surface area (Å²) in [5.74, 6) is 4.40. The minimum Gasteiger partial charge on any atom is -0.497 e. The zero-order valence-corrected chi connectivity index (χ0v) is 59.1. The van der Waals surface area contributed by atoms with Gasteiger partial charge in [-0.3, -0.25) is 8.42 Å². The number of hydrogen-bond donors (Lipinski definition) is 1. The molecule has 19 nitrogen and oxygen atoms in total. The normalized spacial score (nSPS) is 15.4. The number of fused-ring (bicyclic) bond motifs is 4. The first kappa shape index (κ1) is 70.0. The molecule has 0 fully saturated rings. The van der Waals surface area contributed by atoms with Gasteiger partial charge in [-0.25, -0.2) is 53.0 Å². The lowest BCUT2D eigenvalue weighted by Gasteiger charge is -2.18. The van der Waals surface area contributed by atoms with Gasteiger partial charge in [0.2, 0.25) is 11.8 Å². The molecule has 10 heterocycles. The van der Waals surface area contributed by atoms with Crippen LogP contribution in [0.3, 0.4) is 0 Å². The van der Waals surface area contributed by atoms with Crippen LogP contribution in [-0.2, 0) is 63.5 Å². The summed E-state index contributed by atoms with van der Waals surface area (Å²) >= 11 is 0. The van der Waals surface area contributed by atoms with E-state index in [1.807, 2.05) is 115 Å². The summed E-state index contributed by atoms with van der Waals surface area (Å²) in [5.41, 5.74) is 18.8. The van der Waals surface area contributed by atoms with E-state index in [9.17, 15) is 21.6 Å². The second-order valence-electron chi connectivity index (χ2n) is 25.2. The van der Waals surface area contributed by atoms with Gasteiger partial charge in [-0.15, -0.1) is 0 Å². The zero-order valence-electron chi connectivity index (χ0n) is 57.4. The molecule has 0 aliphatic carbocycles. The number of nitrogens with two attached hydrogens (primary N) is 1. The topological polar surface area (TPSA) is 224 Å². The molecule has 0 spiro atoms. The minimum atomic E-state index is -1.23. The molecular formula is C80H73F3N12O7S2. The fourth-order valence-corrected chi connectivity index (χ4v) is 14.4. The van der Waals surface area contributed by atoms with Crippen LogP contribution < -0.4 is 19.9 Å². The number of nitrogen functional groups attached to an aromatic ring is 1. The maximum absolute atomic E-state index is 13.7. The molecular weight excluding hydrogens is 1360 g/mol. The Kier molecular flexibility index (Phi) is 21.3. The van der Waals surface area contributed by atoms with E-state index in [1.54, 1.807) is 81.7 Å². The number of para-hydroxylation sites is 1. The Morgan fingerprint density at radius 2 is 0.875 bits per heavy atom. The molecule has 13 aromatic rings. The maximum Gasteiger partial charge on any atom is 0.220 e. The largest absolute Gasteiger partial charge is 0.497 e. The van der Waals surface area contributed by atoms with E-state index in [0.29, 0.717) is 54.7 Å². The van der Waals surface area contributed by atoms with Crippen molar-refractivity contribution in [2.24, 2.45) is 0 Å². The molecule has 2 N–H and O–H groups in total. The molecule has 0 amide bonds. The summed E-state index contributed by atoms with van der Waals surface area (Å²) in [4.78, 5) is 36.5. The third kappa shape index (κ3) is 15.6. The SMILES string of the molecule is COc1ccc(COCC2CCc3nc(-c4ccc(F)cc4)c(-c4ccnc(N)n4)n32)cc1.COc1ccc(COCC2CCc3nc(-c4ccc(F)cc4)c(-c4ccnc(S(C)=O)c4)n32)cc1.CS(=O)c1cc(-c2c(-c3ccc(F)cc3)nc3n2C(COc2ccc4ccccc4n2)CC3)ccn1. The molecule has 0 saturated heterocycles. The average Bonchev–Trinajstić information content (AvgIpc) is 1.61. The monoisotopic (exact) mass is 1430 g/mol. The molecule has 3 aliphatic rings. The number of pyridine rings is 3. The van der Waals surface area contributed by atoms with Crippen LogP contribution in [-0.4, -0.2) is 109 Å². The highest BCUT2D eigenvalue weighted by atomic mass is 32.2. The van der Waals surface area contributed by atoms with E-state index in [0.717, 1.165) is 152 Å². The summed E-state index contributed by atoms with van der Waals surface area (Å²) in [6, 6.07) is 56.2. The van der Waals surface area contributed by atoms with Crippen molar-refractivity contribution in [1.29, 1.82) is 0 Å². The van der Waals surface area contributed by atoms with Crippen LogP contribution in [0.5, 0.6) is 17.4 Å². The lowest BCUT2D eigenvalue weighted by Crippen LogP contribution is -2.15. The summed E-state index contributed by atoms with van der Waals surface area (Å²) in [5, 5.41) is 2.07. The Bertz CT molecular complexity index is 5240. The lowest BCUT2D eigenvalue weighted by molar-refractivity contribution is 0.0924. The Hall–Kier alpha value is -11.1. The van der Waals surface area contributed by atoms with Crippen LogP contribution in [0.4, 0.5) is 19.1 Å². The zero-order chi connectivity index (χ0) is 71.8. The van der Waals surface area contributed by atoms with Crippen LogP contribution in [0.2, 0.25) is 0 Å². The second-order valence-corrected chi connectivity index (χ2v) is 27.9. The maximum atomic E-state index is 13.7. The van der Waals surface area contributed by atoms with Gasteiger partial charge in [0.25, 0.3) is 0 Å². The number of aryl methyl sites for hydroxylation is 3. The van der Waals surface area contributed by atoms with Gasteiger partial charge >= 0.3 is 0 Å². The highest BCUT2D eigenvalue weighted by Gasteiger charge is 2.34. The first-order valence-electron chi connectivity index (χ1n) is 33.9. The number of aromatic nitrogens is 11. The van der Waals surface area contributed by atoms with E-state index in [1.165, 1.54) is 36.4 Å². The molecule has 104 heavy (non-hydrogen) atoms. The number of nitrogens with zero attached hydrogens (tertiary/aromatic N) is 11. The standard InChI is InChI=1S/C28H23FN4O2S.C27H26FN3O3S.C25H24FN5O2/c1-36(34)26-16-20(14-15-30-26)28-27(19-6-9-21(29)10-7-19)32-24-12-11-22(33(24)28)17-35-25-13-8-18-4-2-3-5-23(18)31-25;1-33-23-10-3-18(4-11-23)16-34-17-22-9-12-24-30-26(19-5-7-21(28)8-6-19)27(31(22)24)20-13-14-29-25(15-20)35(2)32;1-32-20-9-2-16(3-10-20)14-33-15-19-8-11-22-30-23(17-4-6-18(26)7-5-17)24(31(19)22)21-12-13-28-25(27)29-21/h2-10,13-16,22H,11-12,17H2,1H3;3-8,10-11,13-15,22H,9,12,16-17H2,1-2H3;2-7,9-10,12-13,19H,8,11,14-15H2,1H3,(H2,27,28,29). The Morgan fingerprint density at radius 3 is 1.32 bits per heavy atom. The molecule has 3 aliphatic heterocycles. The molecule has 0 radical (unpaired) electrons. The number of rotatable bonds is 21. The van der Waals surface area contributed by atoms with E-state index in [4.69, 9.17) is 44.4 Å². The molecule has 24 heteroatoms. The number of hydrogen-bond acceptors (Lipinski definition) is 16. The number of ether oxygens (including phenoxy) is 5. The van der Waals surface area contributed by atoms with E-state index < -0.39 is 21.6 Å². The van der Waals surface area contributed by atoms with Crippen LogP contribution in [0.1, 0.15) is 66.0 Å². The highest BCUT2D eigenvalue weighted by Crippen LogP contribution is 2.44. The van der Waals surface area contributed by atoms with Crippen LogP contribution in [0.15, 0.2) is 217 Å². The highest BCUT2D eigenvalue weighted by molar-refractivity contribution is 7.84. The first-order valence-corrected chi connectivity index (χ1v) is 37.0. The number of imidazole rings is 3. The lowest BCUT2D eigenvalue weighted by atomic mass is 10.0. The van der Waals surface area contributed by atoms with Crippen molar-refractivity contribution in [2.45, 2.75) is 79.9 Å². The number of anilines is 1. The summed E-state index contributed by atoms with van der Waals surface area (Å²) in [6.45, 7) is 2.50. The van der Waals surface area contributed by atoms with Crippen molar-refractivity contribution in [3.8, 4) is 85.1 Å². The number of methoxy groups -OCH3 is 2. The molecule has 6 aromatic carbocycles. The predicted octanol–water partition coefficient (Wildman–Crippen LogP) is 15.2. The molecule has 5 unspecified atom stereocenters. The number of halogens is 3. The summed E-state index contributed by atoms with van der Waals surface area (Å²) < 4.78 is 101. The van der Waals surface area contributed by atoms with Crippen molar-refractivity contribution < 1.29 is 45.3 Å². The van der Waals surface area contributed by atoms with Crippen molar-refractivity contribution >= 4 is 38.5 Å². The van der Waals surface area contributed by atoms with Gasteiger partial charge in [0.05, 0.1) is 126 Å². The molecule has 16 rings (SSSR count). The Morgan fingerprint density at radius 1 is 0.452 bits per heavy atom. The third-order valence-electron chi connectivity index (χ3n) is 18.5. The smallest absolute Gasteiger partial charge is 0.220 e. The number of benzene rings is 6. The third-order valence-corrected chi connectivity index (χ3v) is 20.1.